The van der Waals surface area contributed by atoms with Crippen LogP contribution in [-0.2, 0) is 4.74 Å². The van der Waals surface area contributed by atoms with Crippen molar-refractivity contribution in [1.82, 2.24) is 9.55 Å². The molecule has 21 heavy (non-hydrogen) atoms. The molecule has 0 aromatic carbocycles. The highest BCUT2D eigenvalue weighted by Crippen LogP contribution is 2.36. The van der Waals surface area contributed by atoms with E-state index in [0.29, 0.717) is 10.6 Å². The fourth-order valence-electron chi connectivity index (χ4n) is 2.73. The Hall–Kier alpha value is -0.763. The van der Waals surface area contributed by atoms with Gasteiger partial charge in [0.2, 0.25) is 0 Å². The molecule has 118 valence electrons. The largest absolute Gasteiger partial charge is 0.394 e. The molecule has 2 N–H and O–H groups in total. The van der Waals surface area contributed by atoms with Gasteiger partial charge in [0.1, 0.15) is 10.9 Å². The van der Waals surface area contributed by atoms with Crippen molar-refractivity contribution in [3.05, 3.63) is 27.4 Å². The number of hydrogen-bond donors (Lipinski definition) is 2. The number of ether oxygens (including phenoxy) is 1. The number of aliphatic hydroxyl groups is 1. The van der Waals surface area contributed by atoms with Gasteiger partial charge in [-0.1, -0.05) is 44.3 Å². The van der Waals surface area contributed by atoms with Crippen LogP contribution >= 0.6 is 12.2 Å². The molecule has 2 rings (SSSR count). The van der Waals surface area contributed by atoms with E-state index in [1.165, 1.54) is 10.6 Å². The summed E-state index contributed by atoms with van der Waals surface area (Å²) in [5, 5.41) is 9.52. The molecule has 1 fully saturated rings. The SMILES string of the molecule is C[Si](C)(C)CCC1C[C@@H](n2ccc(=S)[nH]c2=O)O[C@H]1CO. The lowest BCUT2D eigenvalue weighted by Gasteiger charge is -2.20. The van der Waals surface area contributed by atoms with E-state index in [1.807, 2.05) is 0 Å². The van der Waals surface area contributed by atoms with Gasteiger partial charge in [-0.05, 0) is 18.4 Å². The normalized spacial score (nSPS) is 26.2. The summed E-state index contributed by atoms with van der Waals surface area (Å²) in [6.45, 7) is 7.03. The Balaban J connectivity index is 2.11. The van der Waals surface area contributed by atoms with E-state index in [1.54, 1.807) is 12.3 Å². The Morgan fingerprint density at radius 3 is 2.81 bits per heavy atom. The Kier molecular flexibility index (Phi) is 5.18. The van der Waals surface area contributed by atoms with E-state index >= 15 is 0 Å². The maximum Gasteiger partial charge on any atom is 0.328 e. The van der Waals surface area contributed by atoms with Gasteiger partial charge >= 0.3 is 5.69 Å². The molecule has 1 aliphatic rings. The quantitative estimate of drug-likeness (QED) is 0.644. The van der Waals surface area contributed by atoms with Crippen molar-refractivity contribution < 1.29 is 9.84 Å². The summed E-state index contributed by atoms with van der Waals surface area (Å²) in [6.07, 6.45) is 2.99. The van der Waals surface area contributed by atoms with Crippen LogP contribution < -0.4 is 5.69 Å². The van der Waals surface area contributed by atoms with Crippen molar-refractivity contribution in [2.75, 3.05) is 6.61 Å². The molecular weight excluding hydrogens is 304 g/mol. The average molecular weight is 329 g/mol. The number of rotatable bonds is 5. The van der Waals surface area contributed by atoms with Crippen LogP contribution in [0.15, 0.2) is 17.1 Å². The number of aromatic amines is 1. The molecular formula is C14H24N2O3SSi. The zero-order chi connectivity index (χ0) is 15.6. The fourth-order valence-corrected chi connectivity index (χ4v) is 4.11. The van der Waals surface area contributed by atoms with Crippen LogP contribution in [0.5, 0.6) is 0 Å². The summed E-state index contributed by atoms with van der Waals surface area (Å²) >= 11 is 4.94. The molecule has 0 aliphatic carbocycles. The Labute approximate surface area is 131 Å². The number of hydrogen-bond acceptors (Lipinski definition) is 4. The third kappa shape index (κ3) is 4.35. The van der Waals surface area contributed by atoms with Crippen molar-refractivity contribution in [2.45, 2.75) is 50.9 Å². The van der Waals surface area contributed by atoms with E-state index in [4.69, 9.17) is 17.0 Å². The minimum absolute atomic E-state index is 0.00442. The highest BCUT2D eigenvalue weighted by atomic mass is 32.1. The van der Waals surface area contributed by atoms with Gasteiger partial charge in [0.25, 0.3) is 0 Å². The van der Waals surface area contributed by atoms with Gasteiger partial charge in [0.05, 0.1) is 12.7 Å². The fraction of sp³-hybridized carbons (Fsp3) is 0.714. The van der Waals surface area contributed by atoms with E-state index in [-0.39, 0.29) is 24.6 Å². The lowest BCUT2D eigenvalue weighted by molar-refractivity contribution is -0.0328. The molecule has 0 spiro atoms. The van der Waals surface area contributed by atoms with E-state index in [2.05, 4.69) is 24.6 Å². The van der Waals surface area contributed by atoms with Crippen LogP contribution in [0.2, 0.25) is 25.7 Å². The molecule has 0 amide bonds. The molecule has 0 saturated carbocycles. The van der Waals surface area contributed by atoms with Crippen LogP contribution in [-0.4, -0.2) is 35.4 Å². The zero-order valence-electron chi connectivity index (χ0n) is 12.8. The van der Waals surface area contributed by atoms with Crippen molar-refractivity contribution in [2.24, 2.45) is 5.92 Å². The molecule has 7 heteroatoms. The smallest absolute Gasteiger partial charge is 0.328 e. The van der Waals surface area contributed by atoms with Crippen molar-refractivity contribution in [3.8, 4) is 0 Å². The summed E-state index contributed by atoms with van der Waals surface area (Å²) in [5.41, 5.74) is -0.255. The highest BCUT2D eigenvalue weighted by Gasteiger charge is 2.36. The van der Waals surface area contributed by atoms with Crippen molar-refractivity contribution in [1.29, 1.82) is 0 Å². The number of nitrogens with zero attached hydrogens (tertiary/aromatic N) is 1. The van der Waals surface area contributed by atoms with Crippen molar-refractivity contribution in [3.63, 3.8) is 0 Å². The lowest BCUT2D eigenvalue weighted by Crippen LogP contribution is -2.27. The van der Waals surface area contributed by atoms with E-state index in [9.17, 15) is 9.90 Å². The van der Waals surface area contributed by atoms with Crippen LogP contribution in [0.4, 0.5) is 0 Å². The zero-order valence-corrected chi connectivity index (χ0v) is 14.7. The molecule has 1 aliphatic heterocycles. The second-order valence-corrected chi connectivity index (χ2v) is 13.0. The van der Waals surface area contributed by atoms with Gasteiger partial charge < -0.3 is 9.84 Å². The predicted octanol–water partition coefficient (Wildman–Crippen LogP) is 2.53. The van der Waals surface area contributed by atoms with E-state index < -0.39 is 8.07 Å². The second kappa shape index (κ2) is 6.56. The molecule has 2 heterocycles. The van der Waals surface area contributed by atoms with Crippen LogP contribution in [0.25, 0.3) is 0 Å². The van der Waals surface area contributed by atoms with Gasteiger partial charge in [-0.3, -0.25) is 9.55 Å². The summed E-state index contributed by atoms with van der Waals surface area (Å²) in [4.78, 5) is 14.6. The molecule has 3 atom stereocenters. The first-order chi connectivity index (χ1) is 9.80. The maximum absolute atomic E-state index is 12.0. The summed E-state index contributed by atoms with van der Waals surface area (Å²) in [5.74, 6) is 0.307. The summed E-state index contributed by atoms with van der Waals surface area (Å²) in [6, 6.07) is 2.89. The van der Waals surface area contributed by atoms with E-state index in [0.717, 1.165) is 12.8 Å². The van der Waals surface area contributed by atoms with Crippen LogP contribution in [0.1, 0.15) is 19.1 Å². The van der Waals surface area contributed by atoms with Gasteiger partial charge in [-0.2, -0.15) is 0 Å². The number of nitrogens with one attached hydrogen (secondary N) is 1. The minimum atomic E-state index is -1.11. The third-order valence-corrected chi connectivity index (χ3v) is 6.00. The molecule has 1 aromatic heterocycles. The maximum atomic E-state index is 12.0. The number of H-pyrrole nitrogens is 1. The lowest BCUT2D eigenvalue weighted by atomic mass is 9.98. The molecule has 5 nitrogen and oxygen atoms in total. The minimum Gasteiger partial charge on any atom is -0.394 e. The monoisotopic (exact) mass is 328 g/mol. The van der Waals surface area contributed by atoms with Gasteiger partial charge in [-0.15, -0.1) is 0 Å². The van der Waals surface area contributed by atoms with Gasteiger partial charge in [0, 0.05) is 14.3 Å². The standard InChI is InChI=1S/C14H24N2O3SSi/c1-21(2,3)7-5-10-8-13(19-11(10)9-17)16-6-4-12(20)15-14(16)18/h4,6,10-11,13,17H,5,7-9H2,1-3H3,(H,15,18,20)/t10?,11-,13-/m0/s1. The highest BCUT2D eigenvalue weighted by molar-refractivity contribution is 7.71. The Morgan fingerprint density at radius 2 is 2.24 bits per heavy atom. The first-order valence-corrected chi connectivity index (χ1v) is 11.5. The Morgan fingerprint density at radius 1 is 1.52 bits per heavy atom. The average Bonchev–Trinajstić information content (AvgIpc) is 2.78. The number of aliphatic hydroxyl groups excluding tert-OH is 1. The topological polar surface area (TPSA) is 67.2 Å². The molecule has 0 bridgehead atoms. The first kappa shape index (κ1) is 16.6. The van der Waals surface area contributed by atoms with Crippen molar-refractivity contribution >= 4 is 20.3 Å². The molecule has 1 unspecified atom stereocenters. The Bertz CT molecular complexity index is 593. The molecule has 1 aromatic rings. The van der Waals surface area contributed by atoms with Crippen LogP contribution in [0.3, 0.4) is 0 Å². The summed E-state index contributed by atoms with van der Waals surface area (Å²) in [7, 11) is -1.11. The number of aromatic nitrogens is 2. The first-order valence-electron chi connectivity index (χ1n) is 7.38. The van der Waals surface area contributed by atoms with Gasteiger partial charge in [0.15, 0.2) is 0 Å². The molecule has 0 radical (unpaired) electrons. The van der Waals surface area contributed by atoms with Gasteiger partial charge in [-0.25, -0.2) is 4.79 Å². The molecule has 1 saturated heterocycles. The predicted molar refractivity (Wildman–Crippen MR) is 87.8 cm³/mol. The summed E-state index contributed by atoms with van der Waals surface area (Å²) < 4.78 is 7.82. The second-order valence-electron chi connectivity index (χ2n) is 6.92. The van der Waals surface area contributed by atoms with Crippen LogP contribution in [0, 0.1) is 10.6 Å². The third-order valence-electron chi connectivity index (χ3n) is 3.97.